The monoisotopic (exact) mass is 353 g/mol. The molecule has 7 heteroatoms. The van der Waals surface area contributed by atoms with Crippen molar-refractivity contribution in [2.24, 2.45) is 0 Å². The van der Waals surface area contributed by atoms with Crippen LogP contribution in [0.15, 0.2) is 48.5 Å². The van der Waals surface area contributed by atoms with Gasteiger partial charge in [0.1, 0.15) is 5.75 Å². The number of carbonyl (C=O) groups is 3. The Morgan fingerprint density at radius 3 is 2.58 bits per heavy atom. The van der Waals surface area contributed by atoms with Gasteiger partial charge in [0.2, 0.25) is 0 Å². The first-order valence-electron chi connectivity index (χ1n) is 8.16. The molecule has 26 heavy (non-hydrogen) atoms. The summed E-state index contributed by atoms with van der Waals surface area (Å²) in [5.74, 6) is -1.15. The molecule has 0 saturated heterocycles. The maximum Gasteiger partial charge on any atom is 0.313 e. The lowest BCUT2D eigenvalue weighted by molar-refractivity contribution is -0.136. The van der Waals surface area contributed by atoms with Crippen molar-refractivity contribution in [1.29, 1.82) is 0 Å². The van der Waals surface area contributed by atoms with Gasteiger partial charge in [0.15, 0.2) is 6.61 Å². The molecule has 0 saturated carbocycles. The van der Waals surface area contributed by atoms with Crippen LogP contribution in [0.25, 0.3) is 0 Å². The van der Waals surface area contributed by atoms with E-state index in [1.165, 1.54) is 4.90 Å². The Kier molecular flexibility index (Phi) is 4.88. The summed E-state index contributed by atoms with van der Waals surface area (Å²) in [6.07, 6.45) is 0. The first-order valence-corrected chi connectivity index (χ1v) is 8.16. The molecule has 0 aliphatic carbocycles. The van der Waals surface area contributed by atoms with Gasteiger partial charge < -0.3 is 20.3 Å². The Hall–Kier alpha value is -3.35. The lowest BCUT2D eigenvalue weighted by Crippen LogP contribution is -2.37. The van der Waals surface area contributed by atoms with Crippen molar-refractivity contribution in [3.63, 3.8) is 0 Å². The number of nitrogens with zero attached hydrogens (tertiary/aromatic N) is 1. The fourth-order valence-corrected chi connectivity index (χ4v) is 2.63. The average Bonchev–Trinajstić information content (AvgIpc) is 2.65. The van der Waals surface area contributed by atoms with E-state index in [1.807, 2.05) is 30.3 Å². The van der Waals surface area contributed by atoms with Crippen molar-refractivity contribution in [1.82, 2.24) is 5.32 Å². The molecule has 1 aliphatic heterocycles. The molecular formula is C19H19N3O4. The molecule has 2 N–H and O–H groups in total. The van der Waals surface area contributed by atoms with Gasteiger partial charge in [-0.05, 0) is 30.7 Å². The highest BCUT2D eigenvalue weighted by Gasteiger charge is 2.23. The van der Waals surface area contributed by atoms with Gasteiger partial charge in [-0.3, -0.25) is 14.4 Å². The fourth-order valence-electron chi connectivity index (χ4n) is 2.63. The summed E-state index contributed by atoms with van der Waals surface area (Å²) in [5.41, 5.74) is 1.85. The van der Waals surface area contributed by atoms with Crippen LogP contribution < -0.4 is 20.3 Å². The molecule has 3 rings (SSSR count). The van der Waals surface area contributed by atoms with E-state index in [0.29, 0.717) is 17.1 Å². The number of carbonyl (C=O) groups excluding carboxylic acids is 3. The van der Waals surface area contributed by atoms with Gasteiger partial charge in [0.25, 0.3) is 5.91 Å². The molecule has 134 valence electrons. The van der Waals surface area contributed by atoms with E-state index in [1.54, 1.807) is 32.2 Å². The summed E-state index contributed by atoms with van der Waals surface area (Å²) < 4.78 is 5.33. The van der Waals surface area contributed by atoms with E-state index < -0.39 is 11.8 Å². The summed E-state index contributed by atoms with van der Waals surface area (Å²) in [4.78, 5) is 37.4. The third-order valence-electron chi connectivity index (χ3n) is 4.16. The molecule has 7 nitrogen and oxygen atoms in total. The van der Waals surface area contributed by atoms with Gasteiger partial charge in [0, 0.05) is 12.7 Å². The van der Waals surface area contributed by atoms with Crippen molar-refractivity contribution < 1.29 is 19.1 Å². The van der Waals surface area contributed by atoms with Crippen molar-refractivity contribution in [2.45, 2.75) is 13.0 Å². The number of rotatable bonds is 3. The number of nitrogens with one attached hydrogen (secondary N) is 2. The number of hydrogen-bond donors (Lipinski definition) is 2. The predicted molar refractivity (Wildman–Crippen MR) is 97.0 cm³/mol. The normalized spacial score (nSPS) is 14.1. The Bertz CT molecular complexity index is 851. The number of benzene rings is 2. The van der Waals surface area contributed by atoms with Crippen LogP contribution in [0.1, 0.15) is 18.5 Å². The maximum absolute atomic E-state index is 12.2. The molecule has 0 spiro atoms. The highest BCUT2D eigenvalue weighted by molar-refractivity contribution is 6.39. The Morgan fingerprint density at radius 1 is 1.12 bits per heavy atom. The number of anilines is 2. The van der Waals surface area contributed by atoms with E-state index in [0.717, 1.165) is 5.56 Å². The van der Waals surface area contributed by atoms with E-state index >= 15 is 0 Å². The summed E-state index contributed by atoms with van der Waals surface area (Å²) in [6.45, 7) is 1.78. The van der Waals surface area contributed by atoms with E-state index in [2.05, 4.69) is 10.6 Å². The zero-order chi connectivity index (χ0) is 18.7. The summed E-state index contributed by atoms with van der Waals surface area (Å²) in [6, 6.07) is 13.9. The van der Waals surface area contributed by atoms with Crippen LogP contribution in [0.5, 0.6) is 5.75 Å². The van der Waals surface area contributed by atoms with Gasteiger partial charge in [-0.15, -0.1) is 0 Å². The molecule has 0 radical (unpaired) electrons. The molecule has 2 aromatic rings. The smallest absolute Gasteiger partial charge is 0.313 e. The molecular weight excluding hydrogens is 334 g/mol. The summed E-state index contributed by atoms with van der Waals surface area (Å²) >= 11 is 0. The minimum atomic E-state index is -0.779. The van der Waals surface area contributed by atoms with Crippen LogP contribution in [0, 0.1) is 0 Å². The molecule has 0 bridgehead atoms. The third kappa shape index (κ3) is 3.66. The Balaban J connectivity index is 1.66. The predicted octanol–water partition coefficient (Wildman–Crippen LogP) is 1.86. The van der Waals surface area contributed by atoms with Crippen LogP contribution in [-0.4, -0.2) is 31.4 Å². The maximum atomic E-state index is 12.2. The van der Waals surface area contributed by atoms with Gasteiger partial charge >= 0.3 is 11.8 Å². The number of amides is 3. The zero-order valence-corrected chi connectivity index (χ0v) is 14.5. The van der Waals surface area contributed by atoms with Gasteiger partial charge in [-0.25, -0.2) is 0 Å². The zero-order valence-electron chi connectivity index (χ0n) is 14.5. The molecule has 2 aromatic carbocycles. The molecule has 0 unspecified atom stereocenters. The summed E-state index contributed by atoms with van der Waals surface area (Å²) in [5, 5.41) is 5.19. The van der Waals surface area contributed by atoms with E-state index in [4.69, 9.17) is 4.74 Å². The first kappa shape index (κ1) is 17.5. The van der Waals surface area contributed by atoms with Gasteiger partial charge in [-0.1, -0.05) is 30.3 Å². The molecule has 0 aromatic heterocycles. The highest BCUT2D eigenvalue weighted by atomic mass is 16.5. The molecule has 0 fully saturated rings. The minimum absolute atomic E-state index is 0.0189. The van der Waals surface area contributed by atoms with Crippen molar-refractivity contribution in [3.05, 3.63) is 54.1 Å². The van der Waals surface area contributed by atoms with Gasteiger partial charge in [-0.2, -0.15) is 0 Å². The topological polar surface area (TPSA) is 87.7 Å². The van der Waals surface area contributed by atoms with Gasteiger partial charge in [0.05, 0.1) is 11.7 Å². The molecule has 1 heterocycles. The molecule has 1 atom stereocenters. The van der Waals surface area contributed by atoms with Crippen molar-refractivity contribution >= 4 is 29.1 Å². The quantitative estimate of drug-likeness (QED) is 0.825. The third-order valence-corrected chi connectivity index (χ3v) is 4.16. The van der Waals surface area contributed by atoms with Crippen LogP contribution >= 0.6 is 0 Å². The molecule has 1 aliphatic rings. The largest absolute Gasteiger partial charge is 0.482 e. The lowest BCUT2D eigenvalue weighted by Gasteiger charge is -2.26. The Morgan fingerprint density at radius 2 is 1.85 bits per heavy atom. The van der Waals surface area contributed by atoms with Crippen LogP contribution in [0.3, 0.4) is 0 Å². The number of hydrogen-bond acceptors (Lipinski definition) is 4. The minimum Gasteiger partial charge on any atom is -0.482 e. The second-order valence-electron chi connectivity index (χ2n) is 5.98. The number of likely N-dealkylation sites (N-methyl/N-ethyl adjacent to an activating group) is 1. The standard InChI is InChI=1S/C19H19N3O4/c1-12(13-6-4-3-5-7-13)20-18(24)19(25)21-14-8-9-16-15(10-14)22(2)17(23)11-26-16/h3-10,12H,11H2,1-2H3,(H,20,24)(H,21,25)/t12-/m0/s1. The second-order valence-corrected chi connectivity index (χ2v) is 5.98. The van der Waals surface area contributed by atoms with Crippen molar-refractivity contribution in [2.75, 3.05) is 23.9 Å². The number of ether oxygens (including phenoxy) is 1. The molecule has 3 amide bonds. The highest BCUT2D eigenvalue weighted by Crippen LogP contribution is 2.33. The summed E-state index contributed by atoms with van der Waals surface area (Å²) in [7, 11) is 1.63. The van der Waals surface area contributed by atoms with E-state index in [9.17, 15) is 14.4 Å². The number of fused-ring (bicyclic) bond motifs is 1. The average molecular weight is 353 g/mol. The Labute approximate surface area is 150 Å². The van der Waals surface area contributed by atoms with Crippen molar-refractivity contribution in [3.8, 4) is 5.75 Å². The van der Waals surface area contributed by atoms with Crippen LogP contribution in [0.4, 0.5) is 11.4 Å². The fraction of sp³-hybridized carbons (Fsp3) is 0.211. The first-order chi connectivity index (χ1) is 12.5. The van der Waals surface area contributed by atoms with Crippen LogP contribution in [-0.2, 0) is 14.4 Å². The second kappa shape index (κ2) is 7.26. The SMILES string of the molecule is C[C@H](NC(=O)C(=O)Nc1ccc2c(c1)N(C)C(=O)CO2)c1ccccc1. The van der Waals surface area contributed by atoms with E-state index in [-0.39, 0.29) is 18.6 Å². The van der Waals surface area contributed by atoms with Crippen LogP contribution in [0.2, 0.25) is 0 Å². The lowest BCUT2D eigenvalue weighted by atomic mass is 10.1.